The van der Waals surface area contributed by atoms with E-state index in [0.29, 0.717) is 13.0 Å². The lowest BCUT2D eigenvalue weighted by Crippen LogP contribution is -2.70. The van der Waals surface area contributed by atoms with Crippen LogP contribution >= 0.6 is 0 Å². The second-order valence-electron chi connectivity index (χ2n) is 11.6. The molecule has 1 N–H and O–H groups in total. The summed E-state index contributed by atoms with van der Waals surface area (Å²) >= 11 is 0. The first-order valence-electron chi connectivity index (χ1n) is 12.5. The van der Waals surface area contributed by atoms with Crippen molar-refractivity contribution >= 4 is 17.9 Å². The number of aliphatic carboxylic acids is 1. The SMILES string of the molecule is CC(C)[C@]12O[C@H]1[C@@H]1O[C@]13[C@]1(O[C@H]1C[C@H]1C4=C(CC[C@@]13C)C(=O)OC4)[C@@H]2OC(=O)CCCC(=O)O. The molecule has 34 heavy (non-hydrogen) atoms. The van der Waals surface area contributed by atoms with Gasteiger partial charge < -0.3 is 28.8 Å². The van der Waals surface area contributed by atoms with Crippen molar-refractivity contribution in [2.45, 2.75) is 101 Å². The monoisotopic (exact) mass is 474 g/mol. The van der Waals surface area contributed by atoms with Crippen molar-refractivity contribution in [1.82, 2.24) is 0 Å². The minimum Gasteiger partial charge on any atom is -0.481 e. The largest absolute Gasteiger partial charge is 0.481 e. The number of carbonyl (C=O) groups is 3. The van der Waals surface area contributed by atoms with Crippen LogP contribution in [-0.4, -0.2) is 70.8 Å². The number of hydrogen-bond donors (Lipinski definition) is 1. The maximum absolute atomic E-state index is 12.9. The van der Waals surface area contributed by atoms with E-state index in [0.717, 1.165) is 24.0 Å². The molecule has 3 saturated heterocycles. The van der Waals surface area contributed by atoms with Crippen molar-refractivity contribution in [1.29, 1.82) is 0 Å². The number of carboxylic acid groups (broad SMARTS) is 1. The van der Waals surface area contributed by atoms with Crippen LogP contribution in [0.4, 0.5) is 0 Å². The Kier molecular flexibility index (Phi) is 3.91. The van der Waals surface area contributed by atoms with Gasteiger partial charge in [-0.05, 0) is 43.1 Å². The Hall–Kier alpha value is -1.97. The summed E-state index contributed by atoms with van der Waals surface area (Å²) in [6, 6.07) is 0. The Morgan fingerprint density at radius 3 is 2.71 bits per heavy atom. The average molecular weight is 475 g/mol. The minimum atomic E-state index is -0.932. The van der Waals surface area contributed by atoms with Crippen molar-refractivity contribution in [2.75, 3.05) is 6.61 Å². The fraction of sp³-hybridized carbons (Fsp3) is 0.800. The van der Waals surface area contributed by atoms with Crippen molar-refractivity contribution < 1.29 is 43.2 Å². The summed E-state index contributed by atoms with van der Waals surface area (Å²) in [6.07, 6.45) is 1.28. The lowest BCUT2D eigenvalue weighted by molar-refractivity contribution is -0.169. The molecule has 7 rings (SSSR count). The second-order valence-corrected chi connectivity index (χ2v) is 11.6. The van der Waals surface area contributed by atoms with Gasteiger partial charge in [-0.2, -0.15) is 0 Å². The first kappa shape index (κ1) is 21.3. The lowest BCUT2D eigenvalue weighted by Gasteiger charge is -2.53. The molecule has 0 aromatic rings. The highest BCUT2D eigenvalue weighted by molar-refractivity contribution is 5.92. The molecule has 4 heterocycles. The molecular weight excluding hydrogens is 444 g/mol. The quantitative estimate of drug-likeness (QED) is 0.453. The zero-order valence-electron chi connectivity index (χ0n) is 19.6. The standard InChI is InChI=1S/C25H30O9/c1-11(2)23-18(33-23)19-25(34-19)22(3)8-7-12-13(10-30-20(12)29)14(22)9-15-24(25,32-15)21(23)31-17(28)6-4-5-16(26)27/h11,14-15,18-19,21H,4-10H2,1-3H3,(H,26,27)/t14-,15-,18-,19-,21+,22-,23-,24+,25+/m0/s1. The molecule has 2 spiro atoms. The van der Waals surface area contributed by atoms with Crippen molar-refractivity contribution in [3.8, 4) is 0 Å². The van der Waals surface area contributed by atoms with Crippen LogP contribution in [0.15, 0.2) is 11.1 Å². The van der Waals surface area contributed by atoms with Gasteiger partial charge in [-0.1, -0.05) is 20.8 Å². The maximum atomic E-state index is 12.9. The number of fused-ring (bicyclic) bond motifs is 4. The number of esters is 2. The van der Waals surface area contributed by atoms with Crippen LogP contribution in [-0.2, 0) is 38.1 Å². The van der Waals surface area contributed by atoms with Gasteiger partial charge >= 0.3 is 17.9 Å². The van der Waals surface area contributed by atoms with Gasteiger partial charge in [0.2, 0.25) is 0 Å². The Balaban J connectivity index is 1.26. The average Bonchev–Trinajstić information content (AvgIpc) is 3.67. The Morgan fingerprint density at radius 2 is 1.97 bits per heavy atom. The molecule has 3 aliphatic carbocycles. The predicted molar refractivity (Wildman–Crippen MR) is 112 cm³/mol. The van der Waals surface area contributed by atoms with E-state index in [1.165, 1.54) is 0 Å². The van der Waals surface area contributed by atoms with E-state index >= 15 is 0 Å². The van der Waals surface area contributed by atoms with E-state index in [-0.39, 0.29) is 60.8 Å². The predicted octanol–water partition coefficient (Wildman–Crippen LogP) is 1.91. The molecule has 0 radical (unpaired) electrons. The van der Waals surface area contributed by atoms with Crippen LogP contribution < -0.4 is 0 Å². The van der Waals surface area contributed by atoms with Gasteiger partial charge in [-0.25, -0.2) is 4.79 Å². The molecule has 0 bridgehead atoms. The minimum absolute atomic E-state index is 0.0370. The van der Waals surface area contributed by atoms with E-state index in [4.69, 9.17) is 28.8 Å². The third-order valence-corrected chi connectivity index (χ3v) is 10.1. The van der Waals surface area contributed by atoms with E-state index in [1.807, 2.05) is 0 Å². The molecular formula is C25H30O9. The van der Waals surface area contributed by atoms with Crippen LogP contribution in [0.2, 0.25) is 0 Å². The highest BCUT2D eigenvalue weighted by atomic mass is 16.8. The number of carboxylic acids is 1. The van der Waals surface area contributed by atoms with Crippen molar-refractivity contribution in [3.05, 3.63) is 11.1 Å². The van der Waals surface area contributed by atoms with E-state index in [2.05, 4.69) is 20.8 Å². The number of hydrogen-bond acceptors (Lipinski definition) is 8. The first-order valence-corrected chi connectivity index (χ1v) is 12.5. The fourth-order valence-electron chi connectivity index (χ4n) is 8.42. The zero-order valence-corrected chi connectivity index (χ0v) is 19.6. The summed E-state index contributed by atoms with van der Waals surface area (Å²) in [6.45, 7) is 6.72. The molecule has 5 fully saturated rings. The molecule has 0 unspecified atom stereocenters. The van der Waals surface area contributed by atoms with Crippen LogP contribution in [0.5, 0.6) is 0 Å². The first-order chi connectivity index (χ1) is 16.1. The third kappa shape index (κ3) is 2.17. The van der Waals surface area contributed by atoms with E-state index in [9.17, 15) is 14.4 Å². The van der Waals surface area contributed by atoms with E-state index in [1.54, 1.807) is 0 Å². The normalized spacial score (nSPS) is 50.7. The summed E-state index contributed by atoms with van der Waals surface area (Å²) in [5.74, 6) is -1.35. The number of cyclic esters (lactones) is 1. The molecule has 9 atom stereocenters. The molecule has 7 aliphatic rings. The van der Waals surface area contributed by atoms with Gasteiger partial charge in [-0.3, -0.25) is 9.59 Å². The fourth-order valence-corrected chi connectivity index (χ4v) is 8.42. The maximum Gasteiger partial charge on any atom is 0.334 e. The Morgan fingerprint density at radius 1 is 1.18 bits per heavy atom. The highest BCUT2D eigenvalue weighted by Crippen LogP contribution is 2.83. The number of epoxide rings is 3. The summed E-state index contributed by atoms with van der Waals surface area (Å²) in [5, 5.41) is 8.93. The van der Waals surface area contributed by atoms with Gasteiger partial charge in [0.1, 0.15) is 30.0 Å². The van der Waals surface area contributed by atoms with Crippen molar-refractivity contribution in [3.63, 3.8) is 0 Å². The molecule has 9 heteroatoms. The zero-order chi connectivity index (χ0) is 23.8. The molecule has 184 valence electrons. The molecule has 4 aliphatic heterocycles. The smallest absolute Gasteiger partial charge is 0.334 e. The molecule has 0 amide bonds. The van der Waals surface area contributed by atoms with Gasteiger partial charge in [0, 0.05) is 23.8 Å². The molecule has 9 nitrogen and oxygen atoms in total. The molecule has 2 saturated carbocycles. The highest BCUT2D eigenvalue weighted by Gasteiger charge is 3.01. The van der Waals surface area contributed by atoms with Crippen LogP contribution in [0.1, 0.15) is 59.3 Å². The second kappa shape index (κ2) is 6.23. The summed E-state index contributed by atoms with van der Waals surface area (Å²) in [5.41, 5.74) is -0.447. The third-order valence-electron chi connectivity index (χ3n) is 10.1. The van der Waals surface area contributed by atoms with Gasteiger partial charge in [0.15, 0.2) is 11.7 Å². The molecule has 0 aromatic heterocycles. The van der Waals surface area contributed by atoms with Gasteiger partial charge in [-0.15, -0.1) is 0 Å². The van der Waals surface area contributed by atoms with Gasteiger partial charge in [0.05, 0.1) is 6.10 Å². The number of ether oxygens (including phenoxy) is 5. The lowest BCUT2D eigenvalue weighted by atomic mass is 9.46. The summed E-state index contributed by atoms with van der Waals surface area (Å²) in [7, 11) is 0. The van der Waals surface area contributed by atoms with Gasteiger partial charge in [0.25, 0.3) is 0 Å². The van der Waals surface area contributed by atoms with Crippen molar-refractivity contribution in [2.24, 2.45) is 17.3 Å². The Labute approximate surface area is 197 Å². The van der Waals surface area contributed by atoms with Crippen LogP contribution in [0, 0.1) is 17.3 Å². The van der Waals surface area contributed by atoms with Crippen LogP contribution in [0.3, 0.4) is 0 Å². The Bertz CT molecular complexity index is 1060. The van der Waals surface area contributed by atoms with E-state index < -0.39 is 34.8 Å². The topological polar surface area (TPSA) is 127 Å². The number of rotatable bonds is 6. The summed E-state index contributed by atoms with van der Waals surface area (Å²) < 4.78 is 31.1. The van der Waals surface area contributed by atoms with Crippen LogP contribution in [0.25, 0.3) is 0 Å². The molecule has 0 aromatic carbocycles. The summed E-state index contributed by atoms with van der Waals surface area (Å²) in [4.78, 5) is 36.1. The number of carbonyl (C=O) groups excluding carboxylic acids is 2.